The first-order chi connectivity index (χ1) is 12.3. The summed E-state index contributed by atoms with van der Waals surface area (Å²) in [5.74, 6) is 1.18. The van der Waals surface area contributed by atoms with Crippen LogP contribution in [-0.2, 0) is 11.8 Å². The molecular weight excluding hydrogens is 341 g/mol. The number of carbonyl (C=O) groups excluding carboxylic acids is 1. The van der Waals surface area contributed by atoms with Crippen LogP contribution in [-0.4, -0.2) is 45.1 Å². The number of hydrogen-bond donors (Lipinski definition) is 1. The van der Waals surface area contributed by atoms with Gasteiger partial charge in [0, 0.05) is 24.7 Å². The second-order valence-electron chi connectivity index (χ2n) is 6.56. The lowest BCUT2D eigenvalue weighted by atomic mass is 10.2. The van der Waals surface area contributed by atoms with Crippen LogP contribution in [0.15, 0.2) is 36.2 Å². The molecule has 1 heterocycles. The maximum Gasteiger partial charge on any atom is 0.407 e. The van der Waals surface area contributed by atoms with Gasteiger partial charge in [0.15, 0.2) is 5.82 Å². The van der Waals surface area contributed by atoms with Gasteiger partial charge in [-0.05, 0) is 55.5 Å². The number of halogens is 1. The summed E-state index contributed by atoms with van der Waals surface area (Å²) in [4.78, 5) is 11.6. The third-order valence-corrected chi connectivity index (χ3v) is 3.17. The number of alkyl carbamates (subject to hydrolysis) is 1. The van der Waals surface area contributed by atoms with Crippen LogP contribution in [0.25, 0.3) is 11.4 Å². The van der Waals surface area contributed by atoms with Gasteiger partial charge in [-0.2, -0.15) is 0 Å². The predicted molar refractivity (Wildman–Crippen MR) is 93.2 cm³/mol. The Hall–Kier alpha value is -2.97. The Bertz CT molecular complexity index is 765. The molecule has 1 aromatic carbocycles. The Labute approximate surface area is 151 Å². The van der Waals surface area contributed by atoms with Gasteiger partial charge in [0.05, 0.1) is 6.33 Å². The van der Waals surface area contributed by atoms with Gasteiger partial charge in [-0.1, -0.05) is 0 Å². The van der Waals surface area contributed by atoms with Gasteiger partial charge in [0.1, 0.15) is 18.0 Å². The van der Waals surface area contributed by atoms with E-state index < -0.39 is 11.7 Å². The van der Waals surface area contributed by atoms with Crippen LogP contribution < -0.4 is 10.1 Å². The zero-order valence-electron chi connectivity index (χ0n) is 15.2. The van der Waals surface area contributed by atoms with Crippen molar-refractivity contribution in [2.75, 3.05) is 13.2 Å². The van der Waals surface area contributed by atoms with Crippen molar-refractivity contribution in [2.24, 2.45) is 7.05 Å². The van der Waals surface area contributed by atoms with Crippen molar-refractivity contribution in [3.63, 3.8) is 0 Å². The smallest absolute Gasteiger partial charge is 0.407 e. The molecule has 0 aliphatic rings. The van der Waals surface area contributed by atoms with Crippen molar-refractivity contribution in [3.05, 3.63) is 36.2 Å². The van der Waals surface area contributed by atoms with Crippen molar-refractivity contribution in [2.45, 2.75) is 26.4 Å². The van der Waals surface area contributed by atoms with Gasteiger partial charge in [-0.25, -0.2) is 13.9 Å². The van der Waals surface area contributed by atoms with Crippen LogP contribution in [0.1, 0.15) is 20.8 Å². The first kappa shape index (κ1) is 19.4. The number of ether oxygens (including phenoxy) is 2. The Kier molecular flexibility index (Phi) is 6.26. The molecule has 0 aliphatic carbocycles. The predicted octanol–water partition coefficient (Wildman–Crippen LogP) is 2.63. The molecule has 0 spiro atoms. The van der Waals surface area contributed by atoms with E-state index in [1.807, 2.05) is 0 Å². The molecule has 9 heteroatoms. The summed E-state index contributed by atoms with van der Waals surface area (Å²) in [5.41, 5.74) is 0.496. The van der Waals surface area contributed by atoms with Crippen LogP contribution in [0.2, 0.25) is 0 Å². The van der Waals surface area contributed by atoms with Gasteiger partial charge in [-0.15, -0.1) is 5.10 Å². The quantitative estimate of drug-likeness (QED) is 0.848. The van der Waals surface area contributed by atoms with E-state index in [9.17, 15) is 9.18 Å². The van der Waals surface area contributed by atoms with Crippen LogP contribution in [0.4, 0.5) is 9.18 Å². The Morgan fingerprint density at radius 2 is 2.00 bits per heavy atom. The number of nitrogens with zero attached hydrogens (tertiary/aromatic N) is 4. The first-order valence-corrected chi connectivity index (χ1v) is 7.99. The lowest BCUT2D eigenvalue weighted by Gasteiger charge is -2.20. The molecule has 26 heavy (non-hydrogen) atoms. The molecule has 1 aromatic heterocycles. The van der Waals surface area contributed by atoms with Crippen molar-refractivity contribution in [1.82, 2.24) is 25.5 Å². The van der Waals surface area contributed by atoms with E-state index in [-0.39, 0.29) is 18.7 Å². The average Bonchev–Trinajstić information content (AvgIpc) is 3.00. The topological polar surface area (TPSA) is 91.2 Å². The first-order valence-electron chi connectivity index (χ1n) is 7.99. The van der Waals surface area contributed by atoms with Gasteiger partial charge < -0.3 is 14.8 Å². The zero-order valence-corrected chi connectivity index (χ0v) is 15.2. The minimum absolute atomic E-state index is 0.00282. The molecule has 140 valence electrons. The van der Waals surface area contributed by atoms with E-state index in [1.54, 1.807) is 56.8 Å². The SMILES string of the molecule is Cn1nnnc1-c1ccc(OC/C(=C/F)CNC(=O)OC(C)(C)C)cc1. The molecule has 0 atom stereocenters. The van der Waals surface area contributed by atoms with E-state index in [0.717, 1.165) is 5.56 Å². The van der Waals surface area contributed by atoms with Crippen molar-refractivity contribution >= 4 is 6.09 Å². The minimum Gasteiger partial charge on any atom is -0.489 e. The third-order valence-electron chi connectivity index (χ3n) is 3.17. The lowest BCUT2D eigenvalue weighted by Crippen LogP contribution is -2.34. The molecule has 0 unspecified atom stereocenters. The summed E-state index contributed by atoms with van der Waals surface area (Å²) in [6.07, 6.45) is -0.199. The summed E-state index contributed by atoms with van der Waals surface area (Å²) >= 11 is 0. The largest absolute Gasteiger partial charge is 0.489 e. The maximum absolute atomic E-state index is 13.0. The van der Waals surface area contributed by atoms with Crippen molar-refractivity contribution in [3.8, 4) is 17.1 Å². The second-order valence-corrected chi connectivity index (χ2v) is 6.56. The van der Waals surface area contributed by atoms with Crippen LogP contribution in [0.3, 0.4) is 0 Å². The van der Waals surface area contributed by atoms with E-state index in [4.69, 9.17) is 9.47 Å². The summed E-state index contributed by atoms with van der Waals surface area (Å²) in [5, 5.41) is 13.8. The van der Waals surface area contributed by atoms with E-state index in [0.29, 0.717) is 17.9 Å². The summed E-state index contributed by atoms with van der Waals surface area (Å²) < 4.78 is 25.2. The molecule has 0 saturated carbocycles. The lowest BCUT2D eigenvalue weighted by molar-refractivity contribution is 0.0531. The molecule has 2 rings (SSSR count). The molecule has 1 N–H and O–H groups in total. The Morgan fingerprint density at radius 3 is 2.54 bits per heavy atom. The van der Waals surface area contributed by atoms with Crippen LogP contribution in [0.5, 0.6) is 5.75 Å². The summed E-state index contributed by atoms with van der Waals surface area (Å²) in [6.45, 7) is 5.25. The number of rotatable bonds is 6. The second kappa shape index (κ2) is 8.41. The van der Waals surface area contributed by atoms with E-state index in [1.165, 1.54) is 0 Å². The fraction of sp³-hybridized carbons (Fsp3) is 0.412. The van der Waals surface area contributed by atoms with Gasteiger partial charge in [0.25, 0.3) is 0 Å². The fourth-order valence-corrected chi connectivity index (χ4v) is 1.97. The molecule has 0 fully saturated rings. The molecule has 0 radical (unpaired) electrons. The minimum atomic E-state index is -0.613. The molecule has 1 amide bonds. The zero-order chi connectivity index (χ0) is 19.2. The standard InChI is InChI=1S/C17H22FN5O3/c1-17(2,3)26-16(24)19-10-12(9-18)11-25-14-7-5-13(6-8-14)15-20-21-22-23(15)4/h5-9H,10-11H2,1-4H3,(H,19,24)/b12-9+. The molecular formula is C17H22FN5O3. The average molecular weight is 363 g/mol. The molecule has 0 aliphatic heterocycles. The number of aryl methyl sites for hydroxylation is 1. The highest BCUT2D eigenvalue weighted by atomic mass is 19.1. The number of hydrogen-bond acceptors (Lipinski definition) is 6. The number of tetrazole rings is 1. The highest BCUT2D eigenvalue weighted by Crippen LogP contribution is 2.19. The molecule has 2 aromatic rings. The Balaban J connectivity index is 1.85. The highest BCUT2D eigenvalue weighted by Gasteiger charge is 2.16. The monoisotopic (exact) mass is 363 g/mol. The van der Waals surface area contributed by atoms with E-state index >= 15 is 0 Å². The molecule has 8 nitrogen and oxygen atoms in total. The van der Waals surface area contributed by atoms with Gasteiger partial charge in [-0.3, -0.25) is 0 Å². The van der Waals surface area contributed by atoms with Gasteiger partial charge >= 0.3 is 6.09 Å². The van der Waals surface area contributed by atoms with Gasteiger partial charge in [0.2, 0.25) is 0 Å². The third kappa shape index (κ3) is 5.83. The van der Waals surface area contributed by atoms with E-state index in [2.05, 4.69) is 20.8 Å². The normalized spacial score (nSPS) is 12.0. The molecule has 0 bridgehead atoms. The van der Waals surface area contributed by atoms with Crippen LogP contribution >= 0.6 is 0 Å². The number of benzene rings is 1. The van der Waals surface area contributed by atoms with Crippen LogP contribution in [0, 0.1) is 0 Å². The molecule has 0 saturated heterocycles. The summed E-state index contributed by atoms with van der Waals surface area (Å²) in [7, 11) is 1.75. The van der Waals surface area contributed by atoms with Crippen molar-refractivity contribution in [1.29, 1.82) is 0 Å². The summed E-state index contributed by atoms with van der Waals surface area (Å²) in [6, 6.07) is 7.08. The Morgan fingerprint density at radius 1 is 1.31 bits per heavy atom. The fourth-order valence-electron chi connectivity index (χ4n) is 1.97. The number of aromatic nitrogens is 4. The maximum atomic E-state index is 13.0. The van der Waals surface area contributed by atoms with Crippen molar-refractivity contribution < 1.29 is 18.7 Å². The number of nitrogens with one attached hydrogen (secondary N) is 1. The number of carbonyl (C=O) groups is 1. The highest BCUT2D eigenvalue weighted by molar-refractivity contribution is 5.68. The number of amides is 1.